The molecule has 1 saturated heterocycles. The molecule has 1 fully saturated rings. The average molecular weight is 462 g/mol. The molecule has 0 radical (unpaired) electrons. The molecule has 0 bridgehead atoms. The van der Waals surface area contributed by atoms with Gasteiger partial charge in [0.15, 0.2) is 0 Å². The highest BCUT2D eigenvalue weighted by Crippen LogP contribution is 2.30. The number of ether oxygens (including phenoxy) is 5. The number of carbonyl (C=O) groups excluding carboxylic acids is 3. The molecule has 33 heavy (non-hydrogen) atoms. The molecule has 1 aromatic carbocycles. The maximum Gasteiger partial charge on any atom is 0.410 e. The average Bonchev–Trinajstić information content (AvgIpc) is 2.81. The molecule has 2 heterocycles. The first-order valence-electron chi connectivity index (χ1n) is 10.6. The van der Waals surface area contributed by atoms with E-state index < -0.39 is 17.5 Å². The van der Waals surface area contributed by atoms with Gasteiger partial charge in [0, 0.05) is 12.2 Å². The summed E-state index contributed by atoms with van der Waals surface area (Å²) in [4.78, 5) is 40.2. The predicted octanol–water partition coefficient (Wildman–Crippen LogP) is 2.39. The third-order valence-corrected chi connectivity index (χ3v) is 5.13. The Bertz CT molecular complexity index is 919. The molecule has 10 nitrogen and oxygen atoms in total. The summed E-state index contributed by atoms with van der Waals surface area (Å²) < 4.78 is 26.5. The lowest BCUT2D eigenvalue weighted by Gasteiger charge is -2.35. The number of nitrogens with zero attached hydrogens (tertiary/aromatic N) is 2. The van der Waals surface area contributed by atoms with Crippen LogP contribution in [-0.2, 0) is 33.3 Å². The first-order valence-corrected chi connectivity index (χ1v) is 10.6. The van der Waals surface area contributed by atoms with E-state index in [9.17, 15) is 14.4 Å². The number of hydrogen-bond acceptors (Lipinski definition) is 9. The van der Waals surface area contributed by atoms with Gasteiger partial charge >= 0.3 is 18.0 Å². The molecule has 1 amide bonds. The minimum Gasteiger partial charge on any atom is -0.466 e. The fourth-order valence-corrected chi connectivity index (χ4v) is 3.56. The zero-order valence-corrected chi connectivity index (χ0v) is 19.6. The maximum atomic E-state index is 12.4. The standard InChI is InChI=1S/C23H30N2O8/c1-23(2,3)33-22(28)24-10-11-32-18(12-24)15-6-8-16(9-7-15)25-14-31-13-17(20(26)29-4)19(25)21(27)30-5/h6-9,18H,10-14H2,1-5H3. The molecule has 1 atom stereocenters. The number of benzene rings is 1. The van der Waals surface area contributed by atoms with Crippen LogP contribution in [0.5, 0.6) is 0 Å². The smallest absolute Gasteiger partial charge is 0.410 e. The molecule has 0 spiro atoms. The normalized spacial score (nSPS) is 19.2. The molecule has 10 heteroatoms. The topological polar surface area (TPSA) is 104 Å². The van der Waals surface area contributed by atoms with Crippen molar-refractivity contribution >= 4 is 23.7 Å². The van der Waals surface area contributed by atoms with Crippen LogP contribution in [0.2, 0.25) is 0 Å². The number of methoxy groups -OCH3 is 2. The van der Waals surface area contributed by atoms with Gasteiger partial charge in [0.25, 0.3) is 0 Å². The summed E-state index contributed by atoms with van der Waals surface area (Å²) in [5, 5.41) is 0. The molecule has 0 N–H and O–H groups in total. The lowest BCUT2D eigenvalue weighted by atomic mass is 10.1. The van der Waals surface area contributed by atoms with Crippen LogP contribution in [0.15, 0.2) is 35.5 Å². The van der Waals surface area contributed by atoms with E-state index >= 15 is 0 Å². The van der Waals surface area contributed by atoms with Gasteiger partial charge in [-0.05, 0) is 38.5 Å². The van der Waals surface area contributed by atoms with Crippen molar-refractivity contribution in [3.8, 4) is 0 Å². The van der Waals surface area contributed by atoms with Crippen LogP contribution < -0.4 is 4.90 Å². The Balaban J connectivity index is 1.80. The Morgan fingerprint density at radius 2 is 1.70 bits per heavy atom. The Kier molecular flexibility index (Phi) is 7.60. The van der Waals surface area contributed by atoms with E-state index in [1.54, 1.807) is 21.9 Å². The molecule has 0 aliphatic carbocycles. The van der Waals surface area contributed by atoms with Gasteiger partial charge in [-0.3, -0.25) is 0 Å². The number of morpholine rings is 1. The second-order valence-electron chi connectivity index (χ2n) is 8.59. The van der Waals surface area contributed by atoms with Crippen molar-refractivity contribution in [1.29, 1.82) is 0 Å². The van der Waals surface area contributed by atoms with Crippen LogP contribution in [0.1, 0.15) is 32.4 Å². The zero-order valence-electron chi connectivity index (χ0n) is 19.6. The highest BCUT2D eigenvalue weighted by molar-refractivity contribution is 6.03. The molecule has 1 aromatic rings. The van der Waals surface area contributed by atoms with Gasteiger partial charge in [-0.25, -0.2) is 14.4 Å². The molecule has 1 unspecified atom stereocenters. The van der Waals surface area contributed by atoms with Gasteiger partial charge in [-0.2, -0.15) is 0 Å². The summed E-state index contributed by atoms with van der Waals surface area (Å²) in [6, 6.07) is 7.27. The number of esters is 2. The highest BCUT2D eigenvalue weighted by Gasteiger charge is 2.33. The van der Waals surface area contributed by atoms with E-state index in [1.165, 1.54) is 14.2 Å². The number of amides is 1. The van der Waals surface area contributed by atoms with Crippen molar-refractivity contribution in [2.24, 2.45) is 0 Å². The first kappa shape index (κ1) is 24.5. The van der Waals surface area contributed by atoms with Gasteiger partial charge in [-0.15, -0.1) is 0 Å². The second-order valence-corrected chi connectivity index (χ2v) is 8.59. The summed E-state index contributed by atoms with van der Waals surface area (Å²) in [6.07, 6.45) is -0.694. The van der Waals surface area contributed by atoms with Crippen molar-refractivity contribution in [3.05, 3.63) is 41.1 Å². The molecule has 3 rings (SSSR count). The minimum atomic E-state index is -0.661. The predicted molar refractivity (Wildman–Crippen MR) is 117 cm³/mol. The lowest BCUT2D eigenvalue weighted by molar-refractivity contribution is -0.140. The molecular weight excluding hydrogens is 432 g/mol. The van der Waals surface area contributed by atoms with E-state index in [0.717, 1.165) is 5.56 Å². The van der Waals surface area contributed by atoms with Crippen molar-refractivity contribution in [1.82, 2.24) is 4.90 Å². The quantitative estimate of drug-likeness (QED) is 0.493. The van der Waals surface area contributed by atoms with Gasteiger partial charge in [0.2, 0.25) is 0 Å². The fourth-order valence-electron chi connectivity index (χ4n) is 3.56. The summed E-state index contributed by atoms with van der Waals surface area (Å²) in [7, 11) is 2.49. The molecule has 2 aliphatic heterocycles. The number of hydrogen-bond donors (Lipinski definition) is 0. The number of carbonyl (C=O) groups is 3. The van der Waals surface area contributed by atoms with E-state index in [2.05, 4.69) is 0 Å². The Labute approximate surface area is 193 Å². The van der Waals surface area contributed by atoms with Gasteiger partial charge in [0.05, 0.1) is 39.6 Å². The first-order chi connectivity index (χ1) is 15.6. The van der Waals surface area contributed by atoms with E-state index in [4.69, 9.17) is 23.7 Å². The lowest BCUT2D eigenvalue weighted by Crippen LogP contribution is -2.44. The monoisotopic (exact) mass is 462 g/mol. The molecular formula is C23H30N2O8. The van der Waals surface area contributed by atoms with Crippen LogP contribution in [0.3, 0.4) is 0 Å². The van der Waals surface area contributed by atoms with E-state index in [0.29, 0.717) is 25.4 Å². The van der Waals surface area contributed by atoms with E-state index in [1.807, 2.05) is 32.9 Å². The molecule has 0 aromatic heterocycles. The second kappa shape index (κ2) is 10.2. The Morgan fingerprint density at radius 1 is 1.03 bits per heavy atom. The van der Waals surface area contributed by atoms with E-state index in [-0.39, 0.29) is 36.8 Å². The van der Waals surface area contributed by atoms with Crippen LogP contribution in [0, 0.1) is 0 Å². The summed E-state index contributed by atoms with van der Waals surface area (Å²) in [5.41, 5.74) is 1.08. The SMILES string of the molecule is COC(=O)C1=C(C(=O)OC)N(c2ccc(C3CN(C(=O)OC(C)(C)C)CCO3)cc2)COC1. The zero-order chi connectivity index (χ0) is 24.2. The summed E-state index contributed by atoms with van der Waals surface area (Å²) in [6.45, 7) is 6.71. The third-order valence-electron chi connectivity index (χ3n) is 5.13. The summed E-state index contributed by atoms with van der Waals surface area (Å²) in [5.74, 6) is -1.32. The van der Waals surface area contributed by atoms with Crippen molar-refractivity contribution in [2.75, 3.05) is 52.2 Å². The number of anilines is 1. The van der Waals surface area contributed by atoms with Crippen LogP contribution in [-0.4, -0.2) is 75.8 Å². The third kappa shape index (κ3) is 5.82. The fraction of sp³-hybridized carbons (Fsp3) is 0.522. The van der Waals surface area contributed by atoms with Crippen molar-refractivity contribution in [2.45, 2.75) is 32.5 Å². The largest absolute Gasteiger partial charge is 0.466 e. The van der Waals surface area contributed by atoms with Crippen LogP contribution in [0.25, 0.3) is 0 Å². The number of rotatable bonds is 4. The van der Waals surface area contributed by atoms with Gasteiger partial charge in [0.1, 0.15) is 24.1 Å². The van der Waals surface area contributed by atoms with Crippen LogP contribution >= 0.6 is 0 Å². The Hall–Kier alpha value is -3.11. The van der Waals surface area contributed by atoms with Crippen molar-refractivity contribution in [3.63, 3.8) is 0 Å². The molecule has 2 aliphatic rings. The highest BCUT2D eigenvalue weighted by atomic mass is 16.6. The van der Waals surface area contributed by atoms with Crippen LogP contribution in [0.4, 0.5) is 10.5 Å². The van der Waals surface area contributed by atoms with Gasteiger partial charge < -0.3 is 33.5 Å². The summed E-state index contributed by atoms with van der Waals surface area (Å²) >= 11 is 0. The van der Waals surface area contributed by atoms with Crippen molar-refractivity contribution < 1.29 is 38.1 Å². The maximum absolute atomic E-state index is 12.4. The van der Waals surface area contributed by atoms with Gasteiger partial charge in [-0.1, -0.05) is 12.1 Å². The Morgan fingerprint density at radius 3 is 2.30 bits per heavy atom. The minimum absolute atomic E-state index is 0.0535. The molecule has 180 valence electrons. The molecule has 0 saturated carbocycles.